The number of benzene rings is 1. The lowest BCUT2D eigenvalue weighted by atomic mass is 9.90. The molecular weight excluding hydrogens is 476 g/mol. The molecule has 3 aromatic heterocycles. The van der Waals surface area contributed by atoms with E-state index in [0.717, 1.165) is 39.9 Å². The van der Waals surface area contributed by atoms with E-state index in [2.05, 4.69) is 62.8 Å². The molecule has 1 aromatic carbocycles. The van der Waals surface area contributed by atoms with Crippen LogP contribution in [0.1, 0.15) is 41.0 Å². The average Bonchev–Trinajstić information content (AvgIpc) is 3.34. The minimum Gasteiger partial charge on any atom is -0.388 e. The highest BCUT2D eigenvalue weighted by Gasteiger charge is 2.23. The van der Waals surface area contributed by atoms with Crippen molar-refractivity contribution in [1.29, 1.82) is 5.26 Å². The van der Waals surface area contributed by atoms with Crippen molar-refractivity contribution < 1.29 is 9.59 Å². The van der Waals surface area contributed by atoms with Crippen LogP contribution in [-0.2, 0) is 16.6 Å². The normalized spacial score (nSPS) is 11.9. The SMILES string of the molecule is CC(C)(C#N)c1cc(C=O)ccn1.CNc1ccc(C)c(-c2ccnc(-c3ccnc4c3CC(=O)N4)c2)c1. The highest BCUT2D eigenvalue weighted by atomic mass is 16.1. The second kappa shape index (κ2) is 11.0. The number of fused-ring (bicyclic) bond motifs is 1. The first-order valence-corrected chi connectivity index (χ1v) is 12.1. The Labute approximate surface area is 221 Å². The first kappa shape index (κ1) is 26.2. The van der Waals surface area contributed by atoms with Crippen molar-refractivity contribution in [2.75, 3.05) is 17.7 Å². The molecule has 0 radical (unpaired) electrons. The Hall–Kier alpha value is -4.90. The summed E-state index contributed by atoms with van der Waals surface area (Å²) in [6, 6.07) is 17.7. The molecule has 1 aliphatic heterocycles. The number of carbonyl (C=O) groups excluding carboxylic acids is 2. The number of hydrogen-bond donors (Lipinski definition) is 2. The van der Waals surface area contributed by atoms with Crippen LogP contribution in [0, 0.1) is 18.3 Å². The number of rotatable bonds is 5. The maximum absolute atomic E-state index is 11.7. The van der Waals surface area contributed by atoms with E-state index >= 15 is 0 Å². The number of nitrogens with zero attached hydrogens (tertiary/aromatic N) is 4. The lowest BCUT2D eigenvalue weighted by Crippen LogP contribution is -2.16. The fraction of sp³-hybridized carbons (Fsp3) is 0.200. The van der Waals surface area contributed by atoms with E-state index in [0.29, 0.717) is 23.5 Å². The van der Waals surface area contributed by atoms with E-state index in [9.17, 15) is 9.59 Å². The Bertz CT molecular complexity index is 1550. The average molecular weight is 505 g/mol. The lowest BCUT2D eigenvalue weighted by molar-refractivity contribution is -0.115. The van der Waals surface area contributed by atoms with Crippen LogP contribution >= 0.6 is 0 Å². The van der Waals surface area contributed by atoms with Gasteiger partial charge in [-0.05, 0) is 79.9 Å². The van der Waals surface area contributed by atoms with E-state index in [-0.39, 0.29) is 5.91 Å². The van der Waals surface area contributed by atoms with Crippen LogP contribution in [0.15, 0.2) is 67.1 Å². The number of amides is 1. The van der Waals surface area contributed by atoms with Gasteiger partial charge in [-0.1, -0.05) is 6.07 Å². The van der Waals surface area contributed by atoms with Gasteiger partial charge in [-0.25, -0.2) is 4.98 Å². The van der Waals surface area contributed by atoms with Crippen molar-refractivity contribution in [3.05, 3.63) is 89.5 Å². The Morgan fingerprint density at radius 1 is 1.00 bits per heavy atom. The zero-order valence-electron chi connectivity index (χ0n) is 21.7. The molecule has 8 nitrogen and oxygen atoms in total. The summed E-state index contributed by atoms with van der Waals surface area (Å²) in [4.78, 5) is 35.0. The molecule has 0 aliphatic carbocycles. The molecule has 1 aliphatic rings. The van der Waals surface area contributed by atoms with Crippen molar-refractivity contribution >= 4 is 23.7 Å². The third kappa shape index (κ3) is 5.57. The number of hydrogen-bond acceptors (Lipinski definition) is 7. The van der Waals surface area contributed by atoms with Crippen LogP contribution in [0.5, 0.6) is 0 Å². The van der Waals surface area contributed by atoms with Gasteiger partial charge >= 0.3 is 0 Å². The van der Waals surface area contributed by atoms with Gasteiger partial charge in [0.15, 0.2) is 0 Å². The zero-order valence-corrected chi connectivity index (χ0v) is 21.7. The molecule has 4 aromatic rings. The summed E-state index contributed by atoms with van der Waals surface area (Å²) in [5.74, 6) is 0.617. The fourth-order valence-corrected chi connectivity index (χ4v) is 4.11. The van der Waals surface area contributed by atoms with Crippen LogP contribution in [0.3, 0.4) is 0 Å². The van der Waals surface area contributed by atoms with Gasteiger partial charge in [0.2, 0.25) is 5.91 Å². The van der Waals surface area contributed by atoms with E-state index < -0.39 is 5.41 Å². The molecule has 0 saturated carbocycles. The van der Waals surface area contributed by atoms with Crippen LogP contribution in [0.2, 0.25) is 0 Å². The van der Waals surface area contributed by atoms with Crippen molar-refractivity contribution in [3.63, 3.8) is 0 Å². The molecule has 0 bridgehead atoms. The van der Waals surface area contributed by atoms with E-state index in [1.54, 1.807) is 32.2 Å². The molecule has 0 atom stereocenters. The molecule has 0 saturated heterocycles. The van der Waals surface area contributed by atoms with Gasteiger partial charge in [0.25, 0.3) is 0 Å². The Morgan fingerprint density at radius 3 is 2.50 bits per heavy atom. The summed E-state index contributed by atoms with van der Waals surface area (Å²) >= 11 is 0. The number of pyridine rings is 3. The van der Waals surface area contributed by atoms with Gasteiger partial charge in [0.05, 0.1) is 29.3 Å². The van der Waals surface area contributed by atoms with Gasteiger partial charge in [-0.2, -0.15) is 5.26 Å². The molecule has 190 valence electrons. The lowest BCUT2D eigenvalue weighted by Gasteiger charge is -2.13. The fourth-order valence-electron chi connectivity index (χ4n) is 4.11. The standard InChI is InChI=1S/C20H18N4O.C10H10N2O/c1-12-3-4-14(21-2)10-16(12)13-5-7-22-18(9-13)15-6-8-23-20-17(15)11-19(25)24-20;1-10(2,7-11)9-5-8(6-13)3-4-12-9/h3-10,21H,11H2,1-2H3,(H,23,24,25);3-6H,1-2H3. The number of nitriles is 1. The molecular formula is C30H28N6O2. The number of anilines is 2. The largest absolute Gasteiger partial charge is 0.388 e. The molecule has 5 rings (SSSR count). The van der Waals surface area contributed by atoms with Gasteiger partial charge < -0.3 is 10.6 Å². The van der Waals surface area contributed by atoms with Gasteiger partial charge in [0.1, 0.15) is 12.1 Å². The van der Waals surface area contributed by atoms with Gasteiger partial charge in [-0.3, -0.25) is 19.6 Å². The summed E-state index contributed by atoms with van der Waals surface area (Å²) in [6.07, 6.45) is 6.16. The van der Waals surface area contributed by atoms with Crippen LogP contribution in [-0.4, -0.2) is 34.2 Å². The van der Waals surface area contributed by atoms with Crippen LogP contribution in [0.4, 0.5) is 11.5 Å². The smallest absolute Gasteiger partial charge is 0.230 e. The number of nitrogens with one attached hydrogen (secondary N) is 2. The van der Waals surface area contributed by atoms with Crippen molar-refractivity contribution in [3.8, 4) is 28.5 Å². The van der Waals surface area contributed by atoms with E-state index in [1.165, 1.54) is 11.8 Å². The molecule has 0 fully saturated rings. The Balaban J connectivity index is 0.000000219. The number of aldehydes is 1. The first-order chi connectivity index (χ1) is 18.2. The number of aryl methyl sites for hydroxylation is 1. The molecule has 2 N–H and O–H groups in total. The van der Waals surface area contributed by atoms with Crippen molar-refractivity contribution in [2.45, 2.75) is 32.6 Å². The minimum absolute atomic E-state index is 0.0244. The summed E-state index contributed by atoms with van der Waals surface area (Å²) in [7, 11) is 1.91. The molecule has 38 heavy (non-hydrogen) atoms. The highest BCUT2D eigenvalue weighted by Crippen LogP contribution is 2.33. The molecule has 1 amide bonds. The quantitative estimate of drug-likeness (QED) is 0.351. The van der Waals surface area contributed by atoms with E-state index in [1.807, 2.05) is 25.4 Å². The van der Waals surface area contributed by atoms with Gasteiger partial charge in [0, 0.05) is 48.0 Å². The monoisotopic (exact) mass is 504 g/mol. The summed E-state index contributed by atoms with van der Waals surface area (Å²) in [6.45, 7) is 5.63. The summed E-state index contributed by atoms with van der Waals surface area (Å²) < 4.78 is 0. The van der Waals surface area contributed by atoms with Crippen LogP contribution < -0.4 is 10.6 Å². The molecule has 4 heterocycles. The number of aromatic nitrogens is 3. The zero-order chi connectivity index (χ0) is 27.3. The Morgan fingerprint density at radius 2 is 1.76 bits per heavy atom. The topological polar surface area (TPSA) is 121 Å². The summed E-state index contributed by atoms with van der Waals surface area (Å²) in [5.41, 5.74) is 7.78. The molecule has 0 unspecified atom stereocenters. The predicted octanol–water partition coefficient (Wildman–Crippen LogP) is 5.35. The predicted molar refractivity (Wildman–Crippen MR) is 148 cm³/mol. The third-order valence-corrected chi connectivity index (χ3v) is 6.36. The number of carbonyl (C=O) groups is 2. The maximum Gasteiger partial charge on any atom is 0.230 e. The third-order valence-electron chi connectivity index (χ3n) is 6.36. The van der Waals surface area contributed by atoms with Crippen LogP contribution in [0.25, 0.3) is 22.4 Å². The molecule has 0 spiro atoms. The minimum atomic E-state index is -0.640. The summed E-state index contributed by atoms with van der Waals surface area (Å²) in [5, 5.41) is 14.8. The van der Waals surface area contributed by atoms with Crippen molar-refractivity contribution in [2.24, 2.45) is 0 Å². The highest BCUT2D eigenvalue weighted by molar-refractivity contribution is 6.00. The maximum atomic E-state index is 11.7. The first-order valence-electron chi connectivity index (χ1n) is 12.1. The second-order valence-corrected chi connectivity index (χ2v) is 9.45. The van der Waals surface area contributed by atoms with E-state index in [4.69, 9.17) is 5.26 Å². The Kier molecular flexibility index (Phi) is 7.58. The molecule has 8 heteroatoms. The van der Waals surface area contributed by atoms with Gasteiger partial charge in [-0.15, -0.1) is 0 Å². The second-order valence-electron chi connectivity index (χ2n) is 9.45. The van der Waals surface area contributed by atoms with Crippen molar-refractivity contribution in [1.82, 2.24) is 15.0 Å².